The van der Waals surface area contributed by atoms with Crippen LogP contribution < -0.4 is 0 Å². The molecule has 2 bridgehead atoms. The fraction of sp³-hybridized carbons (Fsp3) is 0.400. The summed E-state index contributed by atoms with van der Waals surface area (Å²) in [6.07, 6.45) is 4.85. The van der Waals surface area contributed by atoms with Crippen molar-refractivity contribution in [1.82, 2.24) is 4.90 Å². The molecule has 0 radical (unpaired) electrons. The Hall–Kier alpha value is -1.12. The van der Waals surface area contributed by atoms with Crippen molar-refractivity contribution in [2.24, 2.45) is 0 Å². The third-order valence-corrected chi connectivity index (χ3v) is 4.50. The molecule has 2 aliphatic heterocycles. The first-order valence-electron chi connectivity index (χ1n) is 6.38. The van der Waals surface area contributed by atoms with Crippen molar-refractivity contribution in [2.45, 2.75) is 31.3 Å². The lowest BCUT2D eigenvalue weighted by Crippen LogP contribution is -2.41. The lowest BCUT2D eigenvalue weighted by atomic mass is 9.94. The van der Waals surface area contributed by atoms with Crippen LogP contribution in [0.15, 0.2) is 29.8 Å². The summed E-state index contributed by atoms with van der Waals surface area (Å²) in [6, 6.07) is 8.42. The number of hydrogen-bond donors (Lipinski definition) is 0. The number of Topliss-reactive ketones (excluding diaryl/α,β-unsaturated/α-hetero) is 1. The van der Waals surface area contributed by atoms with Crippen LogP contribution in [0.5, 0.6) is 0 Å². The number of likely N-dealkylation sites (N-methyl/N-ethyl adjacent to an activating group) is 1. The summed E-state index contributed by atoms with van der Waals surface area (Å²) in [5.74, 6) is 0.292. The SMILES string of the molecule is CN1C2CCC1/C(=C/c1ccccc1Cl)C(=O)C2. The molecular weight excluding hydrogens is 246 g/mol. The minimum absolute atomic E-state index is 0.285. The van der Waals surface area contributed by atoms with Gasteiger partial charge in [0.1, 0.15) is 0 Å². The number of fused-ring (bicyclic) bond motifs is 2. The van der Waals surface area contributed by atoms with Crippen LogP contribution in [0.3, 0.4) is 0 Å². The van der Waals surface area contributed by atoms with Gasteiger partial charge in [0, 0.05) is 29.1 Å². The maximum atomic E-state index is 12.2. The van der Waals surface area contributed by atoms with Gasteiger partial charge in [0.05, 0.1) is 0 Å². The van der Waals surface area contributed by atoms with Gasteiger partial charge in [-0.3, -0.25) is 9.69 Å². The third kappa shape index (κ3) is 1.90. The van der Waals surface area contributed by atoms with Gasteiger partial charge in [0.25, 0.3) is 0 Å². The second kappa shape index (κ2) is 4.52. The van der Waals surface area contributed by atoms with Gasteiger partial charge in [0.15, 0.2) is 5.78 Å². The maximum Gasteiger partial charge on any atom is 0.162 e. The summed E-state index contributed by atoms with van der Waals surface area (Å²) in [5, 5.41) is 0.709. The zero-order valence-electron chi connectivity index (χ0n) is 10.4. The molecule has 18 heavy (non-hydrogen) atoms. The van der Waals surface area contributed by atoms with E-state index in [1.807, 2.05) is 30.3 Å². The molecule has 2 saturated heterocycles. The molecule has 2 aliphatic rings. The predicted octanol–water partition coefficient (Wildman–Crippen LogP) is 3.16. The van der Waals surface area contributed by atoms with Crippen LogP contribution >= 0.6 is 11.6 Å². The van der Waals surface area contributed by atoms with Crippen LogP contribution in [-0.4, -0.2) is 29.8 Å². The Bertz CT molecular complexity index is 523. The summed E-state index contributed by atoms with van der Waals surface area (Å²) in [5.41, 5.74) is 1.88. The highest BCUT2D eigenvalue weighted by Crippen LogP contribution is 2.37. The van der Waals surface area contributed by atoms with E-state index in [9.17, 15) is 4.79 Å². The van der Waals surface area contributed by atoms with Crippen molar-refractivity contribution < 1.29 is 4.79 Å². The smallest absolute Gasteiger partial charge is 0.162 e. The fourth-order valence-electron chi connectivity index (χ4n) is 3.09. The van der Waals surface area contributed by atoms with E-state index >= 15 is 0 Å². The van der Waals surface area contributed by atoms with Crippen LogP contribution in [-0.2, 0) is 4.79 Å². The van der Waals surface area contributed by atoms with Crippen LogP contribution in [0.2, 0.25) is 5.02 Å². The van der Waals surface area contributed by atoms with Crippen molar-refractivity contribution in [2.75, 3.05) is 7.05 Å². The zero-order valence-corrected chi connectivity index (χ0v) is 11.2. The Labute approximate surface area is 112 Å². The molecule has 0 spiro atoms. The van der Waals surface area contributed by atoms with Gasteiger partial charge in [-0.2, -0.15) is 0 Å². The number of nitrogens with zero attached hydrogens (tertiary/aromatic N) is 1. The predicted molar refractivity (Wildman–Crippen MR) is 73.6 cm³/mol. The molecule has 1 aromatic carbocycles. The minimum Gasteiger partial charge on any atom is -0.296 e. The monoisotopic (exact) mass is 261 g/mol. The number of hydrogen-bond acceptors (Lipinski definition) is 2. The quantitative estimate of drug-likeness (QED) is 0.724. The molecule has 2 nitrogen and oxygen atoms in total. The standard InChI is InChI=1S/C15H16ClNO/c1-17-11-6-7-14(17)12(15(18)9-11)8-10-4-2-3-5-13(10)16/h2-5,8,11,14H,6-7,9H2,1H3/b12-8-. The topological polar surface area (TPSA) is 20.3 Å². The van der Waals surface area contributed by atoms with Crippen molar-refractivity contribution in [3.63, 3.8) is 0 Å². The van der Waals surface area contributed by atoms with Gasteiger partial charge >= 0.3 is 0 Å². The van der Waals surface area contributed by atoms with Gasteiger partial charge in [-0.15, -0.1) is 0 Å². The first-order valence-corrected chi connectivity index (χ1v) is 6.76. The van der Waals surface area contributed by atoms with Crippen LogP contribution in [0, 0.1) is 0 Å². The third-order valence-electron chi connectivity index (χ3n) is 4.16. The van der Waals surface area contributed by atoms with E-state index in [4.69, 9.17) is 11.6 Å². The van der Waals surface area contributed by atoms with E-state index < -0.39 is 0 Å². The van der Waals surface area contributed by atoms with Crippen molar-refractivity contribution in [1.29, 1.82) is 0 Å². The highest BCUT2D eigenvalue weighted by Gasteiger charge is 2.41. The normalized spacial score (nSPS) is 30.1. The number of piperidine rings is 1. The van der Waals surface area contributed by atoms with Gasteiger partial charge < -0.3 is 0 Å². The number of halogens is 1. The molecular formula is C15H16ClNO. The van der Waals surface area contributed by atoms with E-state index in [0.717, 1.165) is 24.0 Å². The van der Waals surface area contributed by atoms with Gasteiger partial charge in [-0.1, -0.05) is 29.8 Å². The average molecular weight is 262 g/mol. The van der Waals surface area contributed by atoms with Crippen molar-refractivity contribution >= 4 is 23.5 Å². The first kappa shape index (κ1) is 11.9. The van der Waals surface area contributed by atoms with E-state index in [1.165, 1.54) is 0 Å². The molecule has 2 unspecified atom stereocenters. The number of ketones is 1. The van der Waals surface area contributed by atoms with E-state index in [0.29, 0.717) is 23.3 Å². The summed E-state index contributed by atoms with van der Waals surface area (Å²) >= 11 is 6.16. The Balaban J connectivity index is 2.00. The highest BCUT2D eigenvalue weighted by atomic mass is 35.5. The number of carbonyl (C=O) groups excluding carboxylic acids is 1. The summed E-state index contributed by atoms with van der Waals surface area (Å²) in [7, 11) is 2.12. The fourth-order valence-corrected chi connectivity index (χ4v) is 3.28. The van der Waals surface area contributed by atoms with Gasteiger partial charge in [-0.05, 0) is 37.6 Å². The second-order valence-electron chi connectivity index (χ2n) is 5.16. The lowest BCUT2D eigenvalue weighted by molar-refractivity contribution is -0.118. The van der Waals surface area contributed by atoms with Gasteiger partial charge in [-0.25, -0.2) is 0 Å². The van der Waals surface area contributed by atoms with Gasteiger partial charge in [0.2, 0.25) is 0 Å². The number of rotatable bonds is 1. The lowest BCUT2D eigenvalue weighted by Gasteiger charge is -2.32. The Morgan fingerprint density at radius 3 is 2.89 bits per heavy atom. The number of benzene rings is 1. The summed E-state index contributed by atoms with van der Waals surface area (Å²) in [6.45, 7) is 0. The Morgan fingerprint density at radius 1 is 1.33 bits per heavy atom. The van der Waals surface area contributed by atoms with Crippen molar-refractivity contribution in [3.8, 4) is 0 Å². The maximum absolute atomic E-state index is 12.2. The molecule has 2 fully saturated rings. The molecule has 0 aliphatic carbocycles. The molecule has 2 atom stereocenters. The first-order chi connectivity index (χ1) is 8.66. The largest absolute Gasteiger partial charge is 0.296 e. The zero-order chi connectivity index (χ0) is 12.7. The number of carbonyl (C=O) groups is 1. The summed E-state index contributed by atoms with van der Waals surface area (Å²) in [4.78, 5) is 14.5. The molecule has 0 N–H and O–H groups in total. The molecule has 3 heteroatoms. The summed E-state index contributed by atoms with van der Waals surface area (Å²) < 4.78 is 0. The Kier molecular flexibility index (Phi) is 3.00. The average Bonchev–Trinajstić information content (AvgIpc) is 2.61. The highest BCUT2D eigenvalue weighted by molar-refractivity contribution is 6.32. The Morgan fingerprint density at radius 2 is 2.11 bits per heavy atom. The molecule has 94 valence electrons. The van der Waals surface area contributed by atoms with E-state index in [-0.39, 0.29) is 6.04 Å². The molecule has 0 amide bonds. The molecule has 3 rings (SSSR count). The van der Waals surface area contributed by atoms with Crippen LogP contribution in [0.25, 0.3) is 6.08 Å². The van der Waals surface area contributed by atoms with Crippen molar-refractivity contribution in [3.05, 3.63) is 40.4 Å². The second-order valence-corrected chi connectivity index (χ2v) is 5.57. The minimum atomic E-state index is 0.285. The van der Waals surface area contributed by atoms with Crippen LogP contribution in [0.4, 0.5) is 0 Å². The molecule has 0 aromatic heterocycles. The molecule has 2 heterocycles. The van der Waals surface area contributed by atoms with E-state index in [2.05, 4.69) is 11.9 Å². The van der Waals surface area contributed by atoms with Crippen LogP contribution in [0.1, 0.15) is 24.8 Å². The molecule has 0 saturated carbocycles. The van der Waals surface area contributed by atoms with E-state index in [1.54, 1.807) is 0 Å². The molecule has 1 aromatic rings.